The SMILES string of the molecule is c1ccc(Cn2nnnc2[C@H](c2cccs2)[NH+]2CCc3ccccc3C2)cc1. The number of benzene rings is 2. The van der Waals surface area contributed by atoms with Gasteiger partial charge >= 0.3 is 0 Å². The number of thiophene rings is 1. The molecule has 0 amide bonds. The van der Waals surface area contributed by atoms with Crippen LogP contribution in [-0.4, -0.2) is 26.8 Å². The molecular weight excluding hydrogens is 366 g/mol. The van der Waals surface area contributed by atoms with Gasteiger partial charge in [-0.3, -0.25) is 0 Å². The van der Waals surface area contributed by atoms with E-state index in [1.54, 1.807) is 11.3 Å². The third-order valence-corrected chi connectivity index (χ3v) is 6.42. The first kappa shape index (κ1) is 17.3. The Labute approximate surface area is 168 Å². The zero-order valence-corrected chi connectivity index (χ0v) is 16.3. The first-order chi connectivity index (χ1) is 13.9. The van der Waals surface area contributed by atoms with Gasteiger partial charge in [0.1, 0.15) is 6.54 Å². The van der Waals surface area contributed by atoms with Crippen molar-refractivity contribution in [3.8, 4) is 0 Å². The molecule has 2 atom stereocenters. The van der Waals surface area contributed by atoms with Crippen LogP contribution >= 0.6 is 11.3 Å². The summed E-state index contributed by atoms with van der Waals surface area (Å²) < 4.78 is 1.97. The standard InChI is InChI=1S/C22H21N5S/c1-2-7-17(8-3-1)15-27-22(23-24-25-27)21(20-11-6-14-28-20)26-13-12-18-9-4-5-10-19(18)16-26/h1-11,14,21H,12-13,15-16H2/p+1/t21-/m0/s1. The molecular formula is C22H22N5S+. The number of hydrogen-bond donors (Lipinski definition) is 1. The fraction of sp³-hybridized carbons (Fsp3) is 0.227. The van der Waals surface area contributed by atoms with Crippen LogP contribution in [-0.2, 0) is 19.5 Å². The lowest BCUT2D eigenvalue weighted by atomic mass is 9.98. The summed E-state index contributed by atoms with van der Waals surface area (Å²) >= 11 is 1.79. The van der Waals surface area contributed by atoms with Crippen molar-refractivity contribution >= 4 is 11.3 Å². The maximum Gasteiger partial charge on any atom is 0.215 e. The molecule has 0 saturated heterocycles. The summed E-state index contributed by atoms with van der Waals surface area (Å²) in [5.41, 5.74) is 4.12. The molecule has 140 valence electrons. The molecule has 0 aliphatic carbocycles. The van der Waals surface area contributed by atoms with Gasteiger partial charge in [0.2, 0.25) is 5.82 Å². The predicted molar refractivity (Wildman–Crippen MR) is 109 cm³/mol. The van der Waals surface area contributed by atoms with Crippen LogP contribution in [0.1, 0.15) is 33.4 Å². The first-order valence-electron chi connectivity index (χ1n) is 9.63. The van der Waals surface area contributed by atoms with Crippen LogP contribution in [0.3, 0.4) is 0 Å². The monoisotopic (exact) mass is 388 g/mol. The lowest BCUT2D eigenvalue weighted by molar-refractivity contribution is -0.941. The van der Waals surface area contributed by atoms with Gasteiger partial charge in [-0.2, -0.15) is 0 Å². The van der Waals surface area contributed by atoms with E-state index in [1.165, 1.54) is 26.5 Å². The molecule has 0 spiro atoms. The van der Waals surface area contributed by atoms with Gasteiger partial charge in [-0.15, -0.1) is 16.4 Å². The number of nitrogens with one attached hydrogen (secondary N) is 1. The molecule has 28 heavy (non-hydrogen) atoms. The topological polar surface area (TPSA) is 48.0 Å². The Kier molecular flexibility index (Phi) is 4.72. The van der Waals surface area contributed by atoms with Crippen LogP contribution in [0, 0.1) is 0 Å². The quantitative estimate of drug-likeness (QED) is 0.572. The van der Waals surface area contributed by atoms with E-state index in [1.807, 2.05) is 10.7 Å². The van der Waals surface area contributed by atoms with Crippen molar-refractivity contribution < 1.29 is 4.90 Å². The average molecular weight is 389 g/mol. The molecule has 2 aromatic carbocycles. The maximum atomic E-state index is 4.49. The molecule has 4 aromatic rings. The highest BCUT2D eigenvalue weighted by molar-refractivity contribution is 7.10. The van der Waals surface area contributed by atoms with E-state index < -0.39 is 0 Å². The van der Waals surface area contributed by atoms with Crippen molar-refractivity contribution in [3.63, 3.8) is 0 Å². The fourth-order valence-electron chi connectivity index (χ4n) is 4.10. The number of tetrazole rings is 1. The second-order valence-corrected chi connectivity index (χ2v) is 8.21. The van der Waals surface area contributed by atoms with E-state index in [4.69, 9.17) is 0 Å². The fourth-order valence-corrected chi connectivity index (χ4v) is 4.98. The predicted octanol–water partition coefficient (Wildman–Crippen LogP) is 2.51. The summed E-state index contributed by atoms with van der Waals surface area (Å²) in [7, 11) is 0. The summed E-state index contributed by atoms with van der Waals surface area (Å²) in [6.45, 7) is 2.77. The molecule has 5 rings (SSSR count). The lowest BCUT2D eigenvalue weighted by Crippen LogP contribution is -3.12. The van der Waals surface area contributed by atoms with Crippen molar-refractivity contribution in [3.05, 3.63) is 99.5 Å². The zero-order valence-electron chi connectivity index (χ0n) is 15.5. The normalized spacial score (nSPS) is 17.2. The molecule has 1 N–H and O–H groups in total. The van der Waals surface area contributed by atoms with E-state index in [-0.39, 0.29) is 6.04 Å². The summed E-state index contributed by atoms with van der Waals surface area (Å²) in [4.78, 5) is 2.82. The summed E-state index contributed by atoms with van der Waals surface area (Å²) in [5, 5.41) is 15.0. The number of nitrogens with zero attached hydrogens (tertiary/aromatic N) is 4. The van der Waals surface area contributed by atoms with Gasteiger partial charge in [0, 0.05) is 12.0 Å². The molecule has 1 unspecified atom stereocenters. The second-order valence-electron chi connectivity index (χ2n) is 7.23. The number of hydrogen-bond acceptors (Lipinski definition) is 4. The van der Waals surface area contributed by atoms with E-state index in [2.05, 4.69) is 81.6 Å². The van der Waals surface area contributed by atoms with Gasteiger partial charge in [-0.05, 0) is 33.0 Å². The third-order valence-electron chi connectivity index (χ3n) is 5.48. The van der Waals surface area contributed by atoms with Crippen LogP contribution in [0.4, 0.5) is 0 Å². The van der Waals surface area contributed by atoms with Crippen LogP contribution < -0.4 is 4.90 Å². The van der Waals surface area contributed by atoms with E-state index >= 15 is 0 Å². The molecule has 6 heteroatoms. The maximum absolute atomic E-state index is 4.49. The Morgan fingerprint density at radius 1 is 0.964 bits per heavy atom. The summed E-state index contributed by atoms with van der Waals surface area (Å²) in [6.07, 6.45) is 1.09. The van der Waals surface area contributed by atoms with Crippen LogP contribution in [0.15, 0.2) is 72.1 Å². The molecule has 1 aliphatic heterocycles. The Morgan fingerprint density at radius 3 is 2.61 bits per heavy atom. The largest absolute Gasteiger partial charge is 0.318 e. The van der Waals surface area contributed by atoms with Gasteiger partial charge in [-0.1, -0.05) is 60.7 Å². The van der Waals surface area contributed by atoms with E-state index in [9.17, 15) is 0 Å². The lowest BCUT2D eigenvalue weighted by Gasteiger charge is -2.31. The summed E-state index contributed by atoms with van der Waals surface area (Å²) in [5.74, 6) is 0.945. The van der Waals surface area contributed by atoms with Crippen LogP contribution in [0.25, 0.3) is 0 Å². The number of rotatable bonds is 5. The molecule has 3 heterocycles. The van der Waals surface area contributed by atoms with E-state index in [0.29, 0.717) is 6.54 Å². The van der Waals surface area contributed by atoms with Crippen molar-refractivity contribution in [1.29, 1.82) is 0 Å². The summed E-state index contributed by atoms with van der Waals surface area (Å²) in [6, 6.07) is 23.7. The van der Waals surface area contributed by atoms with Gasteiger partial charge in [0.25, 0.3) is 0 Å². The molecule has 2 aromatic heterocycles. The number of quaternary nitrogens is 1. The van der Waals surface area contributed by atoms with Gasteiger partial charge < -0.3 is 4.90 Å². The molecule has 0 saturated carbocycles. The number of aromatic nitrogens is 4. The van der Waals surface area contributed by atoms with Crippen molar-refractivity contribution in [2.45, 2.75) is 25.6 Å². The van der Waals surface area contributed by atoms with Crippen LogP contribution in [0.5, 0.6) is 0 Å². The van der Waals surface area contributed by atoms with Gasteiger partial charge in [-0.25, -0.2) is 4.68 Å². The highest BCUT2D eigenvalue weighted by atomic mass is 32.1. The molecule has 5 nitrogen and oxygen atoms in total. The van der Waals surface area contributed by atoms with Crippen molar-refractivity contribution in [1.82, 2.24) is 20.2 Å². The Hall–Kier alpha value is -2.83. The highest BCUT2D eigenvalue weighted by Crippen LogP contribution is 2.24. The second kappa shape index (κ2) is 7.66. The van der Waals surface area contributed by atoms with Gasteiger partial charge in [0.15, 0.2) is 6.04 Å². The smallest absolute Gasteiger partial charge is 0.215 e. The van der Waals surface area contributed by atoms with Crippen molar-refractivity contribution in [2.24, 2.45) is 0 Å². The van der Waals surface area contributed by atoms with E-state index in [0.717, 1.165) is 25.3 Å². The molecule has 0 radical (unpaired) electrons. The Balaban J connectivity index is 1.50. The van der Waals surface area contributed by atoms with Crippen molar-refractivity contribution in [2.75, 3.05) is 6.54 Å². The first-order valence-corrected chi connectivity index (χ1v) is 10.5. The number of fused-ring (bicyclic) bond motifs is 1. The van der Waals surface area contributed by atoms with Gasteiger partial charge in [0.05, 0.1) is 18.0 Å². The highest BCUT2D eigenvalue weighted by Gasteiger charge is 2.34. The Morgan fingerprint density at radius 2 is 1.79 bits per heavy atom. The average Bonchev–Trinajstić information content (AvgIpc) is 3.42. The van der Waals surface area contributed by atoms with Crippen LogP contribution in [0.2, 0.25) is 0 Å². The minimum absolute atomic E-state index is 0.145. The zero-order chi connectivity index (χ0) is 18.8. The minimum atomic E-state index is 0.145. The molecule has 1 aliphatic rings. The minimum Gasteiger partial charge on any atom is -0.318 e. The molecule has 0 fully saturated rings. The Bertz CT molecular complexity index is 1040. The third kappa shape index (κ3) is 3.37. The molecule has 0 bridgehead atoms.